The fourth-order valence-electron chi connectivity index (χ4n) is 3.77. The summed E-state index contributed by atoms with van der Waals surface area (Å²) < 4.78 is 8.48. The fraction of sp³-hybridized carbons (Fsp3) is 0.240. The Kier molecular flexibility index (Phi) is 6.67. The molecule has 0 amide bonds. The molecule has 0 N–H and O–H groups in total. The van der Waals surface area contributed by atoms with Crippen LogP contribution in [0.1, 0.15) is 31.0 Å². The molecular formula is C25H24BrN3O3S. The minimum atomic E-state index is -0.608. The smallest absolute Gasteiger partial charge is 0.338 e. The van der Waals surface area contributed by atoms with Crippen LogP contribution in [0.4, 0.5) is 5.69 Å². The molecule has 0 fully saturated rings. The molecule has 1 unspecified atom stereocenters. The lowest BCUT2D eigenvalue weighted by Gasteiger charge is -2.25. The van der Waals surface area contributed by atoms with E-state index < -0.39 is 12.0 Å². The van der Waals surface area contributed by atoms with E-state index in [0.29, 0.717) is 20.6 Å². The number of anilines is 1. The van der Waals surface area contributed by atoms with Crippen molar-refractivity contribution in [2.45, 2.75) is 19.9 Å². The minimum absolute atomic E-state index is 0.183. The highest BCUT2D eigenvalue weighted by Crippen LogP contribution is 2.31. The van der Waals surface area contributed by atoms with Gasteiger partial charge in [-0.15, -0.1) is 0 Å². The van der Waals surface area contributed by atoms with Crippen molar-refractivity contribution in [3.8, 4) is 0 Å². The molecule has 0 spiro atoms. The zero-order valence-electron chi connectivity index (χ0n) is 18.8. The predicted molar refractivity (Wildman–Crippen MR) is 135 cm³/mol. The van der Waals surface area contributed by atoms with Gasteiger partial charge < -0.3 is 9.64 Å². The number of nitrogens with zero attached hydrogens (tertiary/aromatic N) is 3. The van der Waals surface area contributed by atoms with Gasteiger partial charge in [0.1, 0.15) is 0 Å². The molecule has 2 heterocycles. The highest BCUT2D eigenvalue weighted by atomic mass is 79.9. The fourth-order valence-corrected chi connectivity index (χ4v) is 5.08. The summed E-state index contributed by atoms with van der Waals surface area (Å²) in [6, 6.07) is 15.0. The highest BCUT2D eigenvalue weighted by Gasteiger charge is 2.33. The van der Waals surface area contributed by atoms with Crippen LogP contribution in [0.5, 0.6) is 0 Å². The van der Waals surface area contributed by atoms with Gasteiger partial charge in [-0.05, 0) is 55.3 Å². The maximum absolute atomic E-state index is 13.6. The van der Waals surface area contributed by atoms with Gasteiger partial charge in [-0.2, -0.15) is 0 Å². The summed E-state index contributed by atoms with van der Waals surface area (Å²) in [5, 5.41) is 0. The summed E-state index contributed by atoms with van der Waals surface area (Å²) in [6.45, 7) is 3.80. The standard InChI is InChI=1S/C25H24BrN3O3S/c1-5-32-24(31)21-15(2)27-25-29(22(21)17-8-12-19(13-9-17)28(3)4)23(30)20(33-25)14-16-6-10-18(26)11-7-16/h6-14,22H,5H2,1-4H3/b20-14+. The third-order valence-corrected chi connectivity index (χ3v) is 6.92. The second-order valence-corrected chi connectivity index (χ2v) is 9.76. The normalized spacial score (nSPS) is 15.8. The van der Waals surface area contributed by atoms with Gasteiger partial charge in [0.25, 0.3) is 5.56 Å². The van der Waals surface area contributed by atoms with E-state index in [1.807, 2.05) is 73.6 Å². The van der Waals surface area contributed by atoms with Crippen molar-refractivity contribution in [2.24, 2.45) is 4.99 Å². The van der Waals surface area contributed by atoms with Crippen molar-refractivity contribution in [1.82, 2.24) is 4.57 Å². The second kappa shape index (κ2) is 9.49. The Morgan fingerprint density at radius 1 is 1.18 bits per heavy atom. The van der Waals surface area contributed by atoms with Crippen LogP contribution in [0.15, 0.2) is 74.1 Å². The van der Waals surface area contributed by atoms with Crippen LogP contribution < -0.4 is 19.8 Å². The van der Waals surface area contributed by atoms with Gasteiger partial charge >= 0.3 is 5.97 Å². The third-order valence-electron chi connectivity index (χ3n) is 5.41. The molecular weight excluding hydrogens is 502 g/mol. The first-order chi connectivity index (χ1) is 15.8. The SMILES string of the molecule is CCOC(=O)C1=C(C)N=c2s/c(=C/c3ccc(Br)cc3)c(=O)n2C1c1ccc(N(C)C)cc1. The molecule has 170 valence electrons. The molecule has 0 saturated heterocycles. The Balaban J connectivity index is 1.92. The van der Waals surface area contributed by atoms with Crippen molar-refractivity contribution in [1.29, 1.82) is 0 Å². The number of esters is 1. The summed E-state index contributed by atoms with van der Waals surface area (Å²) in [5.41, 5.74) is 3.53. The molecule has 3 aromatic rings. The van der Waals surface area contributed by atoms with E-state index >= 15 is 0 Å². The van der Waals surface area contributed by atoms with Crippen LogP contribution in [0.25, 0.3) is 6.08 Å². The minimum Gasteiger partial charge on any atom is -0.463 e. The lowest BCUT2D eigenvalue weighted by Crippen LogP contribution is -2.39. The molecule has 2 aromatic carbocycles. The van der Waals surface area contributed by atoms with Crippen LogP contribution in [0.3, 0.4) is 0 Å². The third kappa shape index (κ3) is 4.58. The summed E-state index contributed by atoms with van der Waals surface area (Å²) in [6.07, 6.45) is 1.85. The lowest BCUT2D eigenvalue weighted by molar-refractivity contribution is -0.139. The first-order valence-corrected chi connectivity index (χ1v) is 12.1. The summed E-state index contributed by atoms with van der Waals surface area (Å²) in [4.78, 5) is 33.7. The number of thiazole rings is 1. The number of carbonyl (C=O) groups is 1. The van der Waals surface area contributed by atoms with Crippen molar-refractivity contribution in [3.63, 3.8) is 0 Å². The summed E-state index contributed by atoms with van der Waals surface area (Å²) in [7, 11) is 3.93. The van der Waals surface area contributed by atoms with E-state index in [2.05, 4.69) is 20.9 Å². The molecule has 1 atom stereocenters. The van der Waals surface area contributed by atoms with E-state index in [1.165, 1.54) is 11.3 Å². The number of rotatable bonds is 5. The van der Waals surface area contributed by atoms with Gasteiger partial charge in [0.2, 0.25) is 0 Å². The summed E-state index contributed by atoms with van der Waals surface area (Å²) in [5.74, 6) is -0.456. The zero-order chi connectivity index (χ0) is 23.7. The molecule has 6 nitrogen and oxygen atoms in total. The molecule has 0 bridgehead atoms. The van der Waals surface area contributed by atoms with E-state index in [0.717, 1.165) is 21.3 Å². The number of allylic oxidation sites excluding steroid dienone is 1. The molecule has 0 saturated carbocycles. The molecule has 1 aromatic heterocycles. The topological polar surface area (TPSA) is 63.9 Å². The van der Waals surface area contributed by atoms with Crippen LogP contribution >= 0.6 is 27.3 Å². The Hall–Kier alpha value is -2.97. The number of ether oxygens (including phenoxy) is 1. The lowest BCUT2D eigenvalue weighted by atomic mass is 9.95. The number of hydrogen-bond acceptors (Lipinski definition) is 6. The van der Waals surface area contributed by atoms with Gasteiger partial charge in [-0.3, -0.25) is 9.36 Å². The monoisotopic (exact) mass is 525 g/mol. The Bertz CT molecular complexity index is 1400. The van der Waals surface area contributed by atoms with Crippen molar-refractivity contribution < 1.29 is 9.53 Å². The Morgan fingerprint density at radius 3 is 2.45 bits per heavy atom. The van der Waals surface area contributed by atoms with Gasteiger partial charge in [-0.25, -0.2) is 9.79 Å². The van der Waals surface area contributed by atoms with E-state index in [4.69, 9.17) is 4.74 Å². The number of carbonyl (C=O) groups excluding carboxylic acids is 1. The van der Waals surface area contributed by atoms with E-state index in [-0.39, 0.29) is 12.2 Å². The van der Waals surface area contributed by atoms with Crippen molar-refractivity contribution in [2.75, 3.05) is 25.6 Å². The number of fused-ring (bicyclic) bond motifs is 1. The average molecular weight is 526 g/mol. The maximum Gasteiger partial charge on any atom is 0.338 e. The molecule has 1 aliphatic heterocycles. The largest absolute Gasteiger partial charge is 0.463 e. The van der Waals surface area contributed by atoms with Gasteiger partial charge in [0.05, 0.1) is 28.5 Å². The van der Waals surface area contributed by atoms with E-state index in [1.54, 1.807) is 18.4 Å². The number of aromatic nitrogens is 1. The number of hydrogen-bond donors (Lipinski definition) is 0. The molecule has 0 aliphatic carbocycles. The van der Waals surface area contributed by atoms with Gasteiger partial charge in [-0.1, -0.05) is 51.5 Å². The predicted octanol–water partition coefficient (Wildman–Crippen LogP) is 3.63. The van der Waals surface area contributed by atoms with Crippen LogP contribution in [0.2, 0.25) is 0 Å². The quantitative estimate of drug-likeness (QED) is 0.477. The van der Waals surface area contributed by atoms with Crippen LogP contribution in [-0.4, -0.2) is 31.2 Å². The Morgan fingerprint density at radius 2 is 1.85 bits per heavy atom. The molecule has 1 aliphatic rings. The summed E-state index contributed by atoms with van der Waals surface area (Å²) >= 11 is 4.75. The van der Waals surface area contributed by atoms with Gasteiger partial charge in [0.15, 0.2) is 4.80 Å². The second-order valence-electron chi connectivity index (χ2n) is 7.84. The zero-order valence-corrected chi connectivity index (χ0v) is 21.2. The first-order valence-electron chi connectivity index (χ1n) is 10.5. The van der Waals surface area contributed by atoms with Gasteiger partial charge in [0, 0.05) is 24.3 Å². The molecule has 33 heavy (non-hydrogen) atoms. The molecule has 8 heteroatoms. The molecule has 4 rings (SSSR count). The maximum atomic E-state index is 13.6. The first kappa shape index (κ1) is 23.2. The van der Waals surface area contributed by atoms with Crippen molar-refractivity contribution >= 4 is 45.0 Å². The van der Waals surface area contributed by atoms with Crippen LogP contribution in [0, 0.1) is 0 Å². The number of halogens is 1. The number of benzene rings is 2. The van der Waals surface area contributed by atoms with Crippen LogP contribution in [-0.2, 0) is 9.53 Å². The van der Waals surface area contributed by atoms with E-state index in [9.17, 15) is 9.59 Å². The highest BCUT2D eigenvalue weighted by molar-refractivity contribution is 9.10. The Labute approximate surface area is 204 Å². The van der Waals surface area contributed by atoms with Crippen molar-refractivity contribution in [3.05, 3.63) is 95.1 Å². The molecule has 0 radical (unpaired) electrons. The average Bonchev–Trinajstić information content (AvgIpc) is 3.09.